The standard InChI is InChI=1S/C19H17N5O2/c1-13(23-19(25)14-6-7-16(9-20)21-10-14)15-11-22-24(12-15)17-4-3-5-18(8-17)26-2/h3-8,10-13H,1-2H3,(H,23,25)/t13-/m0/s1. The fourth-order valence-corrected chi connectivity index (χ4v) is 2.41. The van der Waals surface area contributed by atoms with Crippen LogP contribution < -0.4 is 10.1 Å². The van der Waals surface area contributed by atoms with Crippen LogP contribution in [0.4, 0.5) is 0 Å². The molecule has 0 aliphatic carbocycles. The molecule has 0 aliphatic rings. The summed E-state index contributed by atoms with van der Waals surface area (Å²) in [7, 11) is 1.61. The van der Waals surface area contributed by atoms with Crippen molar-refractivity contribution < 1.29 is 9.53 Å². The predicted octanol–water partition coefficient (Wildman–Crippen LogP) is 2.64. The first kappa shape index (κ1) is 17.2. The summed E-state index contributed by atoms with van der Waals surface area (Å²) >= 11 is 0. The van der Waals surface area contributed by atoms with Gasteiger partial charge < -0.3 is 10.1 Å². The maximum Gasteiger partial charge on any atom is 0.253 e. The van der Waals surface area contributed by atoms with E-state index in [1.807, 2.05) is 43.5 Å². The zero-order valence-corrected chi connectivity index (χ0v) is 14.4. The van der Waals surface area contributed by atoms with E-state index in [9.17, 15) is 4.79 Å². The number of rotatable bonds is 5. The van der Waals surface area contributed by atoms with Crippen molar-refractivity contribution in [1.29, 1.82) is 5.26 Å². The van der Waals surface area contributed by atoms with E-state index in [1.165, 1.54) is 12.3 Å². The van der Waals surface area contributed by atoms with Gasteiger partial charge >= 0.3 is 0 Å². The van der Waals surface area contributed by atoms with Crippen LogP contribution in [0.25, 0.3) is 5.69 Å². The molecule has 0 saturated heterocycles. The number of carbonyl (C=O) groups excluding carboxylic acids is 1. The van der Waals surface area contributed by atoms with Gasteiger partial charge in [-0.05, 0) is 31.2 Å². The Morgan fingerprint density at radius 1 is 1.31 bits per heavy atom. The average Bonchev–Trinajstić information content (AvgIpc) is 3.18. The normalized spacial score (nSPS) is 11.4. The molecule has 3 rings (SSSR count). The van der Waals surface area contributed by atoms with Crippen LogP contribution in [0.15, 0.2) is 55.0 Å². The minimum Gasteiger partial charge on any atom is -0.497 e. The van der Waals surface area contributed by atoms with Crippen LogP contribution in [0, 0.1) is 11.3 Å². The van der Waals surface area contributed by atoms with Crippen LogP contribution in [0.1, 0.15) is 34.6 Å². The van der Waals surface area contributed by atoms with Gasteiger partial charge in [-0.1, -0.05) is 6.07 Å². The quantitative estimate of drug-likeness (QED) is 0.766. The zero-order chi connectivity index (χ0) is 18.5. The molecule has 0 spiro atoms. The van der Waals surface area contributed by atoms with E-state index >= 15 is 0 Å². The molecule has 0 bridgehead atoms. The molecule has 2 heterocycles. The van der Waals surface area contributed by atoms with Crippen molar-refractivity contribution in [1.82, 2.24) is 20.1 Å². The largest absolute Gasteiger partial charge is 0.497 e. The third kappa shape index (κ3) is 3.70. The number of benzene rings is 1. The van der Waals surface area contributed by atoms with E-state index < -0.39 is 0 Å². The zero-order valence-electron chi connectivity index (χ0n) is 14.4. The molecule has 7 nitrogen and oxygen atoms in total. The van der Waals surface area contributed by atoms with Crippen LogP contribution in [0.5, 0.6) is 5.75 Å². The van der Waals surface area contributed by atoms with E-state index in [1.54, 1.807) is 24.1 Å². The summed E-state index contributed by atoms with van der Waals surface area (Å²) < 4.78 is 6.95. The lowest BCUT2D eigenvalue weighted by atomic mass is 10.1. The minimum atomic E-state index is -0.261. The molecule has 0 fully saturated rings. The molecule has 130 valence electrons. The lowest BCUT2D eigenvalue weighted by molar-refractivity contribution is 0.0939. The van der Waals surface area contributed by atoms with Gasteiger partial charge in [0.1, 0.15) is 17.5 Å². The molecule has 0 unspecified atom stereocenters. The maximum absolute atomic E-state index is 12.3. The third-order valence-corrected chi connectivity index (χ3v) is 3.91. The number of carbonyl (C=O) groups is 1. The number of aromatic nitrogens is 3. The Bertz CT molecular complexity index is 957. The highest BCUT2D eigenvalue weighted by molar-refractivity contribution is 5.94. The fraction of sp³-hybridized carbons (Fsp3) is 0.158. The number of nitriles is 1. The van der Waals surface area contributed by atoms with E-state index in [-0.39, 0.29) is 17.6 Å². The second-order valence-electron chi connectivity index (χ2n) is 5.66. The maximum atomic E-state index is 12.3. The molecule has 3 aromatic rings. The van der Waals surface area contributed by atoms with Crippen molar-refractivity contribution >= 4 is 5.91 Å². The first-order chi connectivity index (χ1) is 12.6. The Morgan fingerprint density at radius 2 is 2.15 bits per heavy atom. The van der Waals surface area contributed by atoms with Crippen LogP contribution in [-0.4, -0.2) is 27.8 Å². The Labute approximate surface area is 150 Å². The van der Waals surface area contributed by atoms with Crippen molar-refractivity contribution in [2.45, 2.75) is 13.0 Å². The molecule has 0 radical (unpaired) electrons. The lowest BCUT2D eigenvalue weighted by Crippen LogP contribution is -2.26. The van der Waals surface area contributed by atoms with Gasteiger partial charge in [0.15, 0.2) is 0 Å². The average molecular weight is 347 g/mol. The number of hydrogen-bond acceptors (Lipinski definition) is 5. The SMILES string of the molecule is COc1cccc(-n2cc([C@H](C)NC(=O)c3ccc(C#N)nc3)cn2)c1. The van der Waals surface area contributed by atoms with Crippen molar-refractivity contribution in [3.8, 4) is 17.5 Å². The molecule has 26 heavy (non-hydrogen) atoms. The molecule has 1 N–H and O–H groups in total. The Morgan fingerprint density at radius 3 is 2.85 bits per heavy atom. The number of nitrogens with zero attached hydrogens (tertiary/aromatic N) is 4. The molecular weight excluding hydrogens is 330 g/mol. The molecule has 0 saturated carbocycles. The van der Waals surface area contributed by atoms with Crippen LogP contribution in [0.2, 0.25) is 0 Å². The van der Waals surface area contributed by atoms with E-state index in [2.05, 4.69) is 15.4 Å². The van der Waals surface area contributed by atoms with Gasteiger partial charge in [-0.15, -0.1) is 0 Å². The molecule has 0 aliphatic heterocycles. The second-order valence-corrected chi connectivity index (χ2v) is 5.66. The minimum absolute atomic E-state index is 0.238. The highest BCUT2D eigenvalue weighted by atomic mass is 16.5. The van der Waals surface area contributed by atoms with Crippen LogP contribution in [-0.2, 0) is 0 Å². The Balaban J connectivity index is 1.72. The highest BCUT2D eigenvalue weighted by Crippen LogP contribution is 2.18. The summed E-state index contributed by atoms with van der Waals surface area (Å²) in [6.45, 7) is 1.88. The highest BCUT2D eigenvalue weighted by Gasteiger charge is 2.14. The summed E-state index contributed by atoms with van der Waals surface area (Å²) in [6.07, 6.45) is 4.96. The number of pyridine rings is 1. The number of methoxy groups -OCH3 is 1. The summed E-state index contributed by atoms with van der Waals surface area (Å²) in [5.74, 6) is 0.484. The van der Waals surface area contributed by atoms with Gasteiger partial charge in [-0.2, -0.15) is 10.4 Å². The monoisotopic (exact) mass is 347 g/mol. The lowest BCUT2D eigenvalue weighted by Gasteiger charge is -2.12. The number of amides is 1. The number of hydrogen-bond donors (Lipinski definition) is 1. The Kier molecular flexibility index (Phi) is 4.94. The third-order valence-electron chi connectivity index (χ3n) is 3.91. The fourth-order valence-electron chi connectivity index (χ4n) is 2.41. The van der Waals surface area contributed by atoms with Crippen molar-refractivity contribution in [3.05, 3.63) is 71.8 Å². The van der Waals surface area contributed by atoms with Crippen LogP contribution >= 0.6 is 0 Å². The first-order valence-corrected chi connectivity index (χ1v) is 7.96. The second kappa shape index (κ2) is 7.49. The first-order valence-electron chi connectivity index (χ1n) is 7.96. The number of ether oxygens (including phenoxy) is 1. The van der Waals surface area contributed by atoms with E-state index in [4.69, 9.17) is 10.00 Å². The van der Waals surface area contributed by atoms with Gasteiger partial charge in [-0.25, -0.2) is 9.67 Å². The van der Waals surface area contributed by atoms with Crippen LogP contribution in [0.3, 0.4) is 0 Å². The van der Waals surface area contributed by atoms with E-state index in [0.29, 0.717) is 5.56 Å². The Hall–Kier alpha value is -3.66. The summed E-state index contributed by atoms with van der Waals surface area (Å²) in [6, 6.07) is 12.3. The summed E-state index contributed by atoms with van der Waals surface area (Å²) in [5.41, 5.74) is 2.40. The predicted molar refractivity (Wildman–Crippen MR) is 94.9 cm³/mol. The van der Waals surface area contributed by atoms with Crippen molar-refractivity contribution in [3.63, 3.8) is 0 Å². The van der Waals surface area contributed by atoms with Crippen molar-refractivity contribution in [2.75, 3.05) is 7.11 Å². The topological polar surface area (TPSA) is 92.8 Å². The molecule has 1 aromatic carbocycles. The smallest absolute Gasteiger partial charge is 0.253 e. The van der Waals surface area contributed by atoms with Gasteiger partial charge in [0, 0.05) is 24.0 Å². The molecule has 1 atom stereocenters. The molecular formula is C19H17N5O2. The molecule has 1 amide bonds. The van der Waals surface area contributed by atoms with Crippen molar-refractivity contribution in [2.24, 2.45) is 0 Å². The number of nitrogens with one attached hydrogen (secondary N) is 1. The van der Waals surface area contributed by atoms with Gasteiger partial charge in [0.05, 0.1) is 30.6 Å². The van der Waals surface area contributed by atoms with Gasteiger partial charge in [0.25, 0.3) is 5.91 Å². The van der Waals surface area contributed by atoms with E-state index in [0.717, 1.165) is 17.0 Å². The summed E-state index contributed by atoms with van der Waals surface area (Å²) in [5, 5.41) is 16.0. The molecule has 2 aromatic heterocycles. The molecule has 7 heteroatoms. The van der Waals surface area contributed by atoms with Gasteiger partial charge in [0.2, 0.25) is 0 Å². The van der Waals surface area contributed by atoms with Gasteiger partial charge in [-0.3, -0.25) is 4.79 Å². The summed E-state index contributed by atoms with van der Waals surface area (Å²) in [4.78, 5) is 16.2.